The molecular weight excluding hydrogens is 663 g/mol. The van der Waals surface area contributed by atoms with Crippen molar-refractivity contribution in [3.63, 3.8) is 0 Å². The van der Waals surface area contributed by atoms with Crippen LogP contribution in [-0.2, 0) is 18.4 Å². The van der Waals surface area contributed by atoms with Crippen molar-refractivity contribution in [2.75, 3.05) is 40.9 Å². The Balaban J connectivity index is 4.53. The van der Waals surface area contributed by atoms with Crippen LogP contribution in [0.2, 0.25) is 0 Å². The van der Waals surface area contributed by atoms with Gasteiger partial charge in [-0.2, -0.15) is 0 Å². The fourth-order valence-electron chi connectivity index (χ4n) is 5.69. The normalized spacial score (nSPS) is 15.5. The Hall–Kier alpha value is -1.32. The van der Waals surface area contributed by atoms with E-state index < -0.39 is 26.1 Å². The Morgan fingerprint density at radius 1 is 0.745 bits per heavy atom. The predicted molar refractivity (Wildman–Crippen MR) is 211 cm³/mol. The molecule has 0 aromatic carbocycles. The van der Waals surface area contributed by atoms with Crippen LogP contribution in [-0.4, -0.2) is 79.8 Å². The minimum Gasteiger partial charge on any atom is -0.756 e. The van der Waals surface area contributed by atoms with Crippen LogP contribution in [0.3, 0.4) is 0 Å². The number of hydrogen-bond donors (Lipinski definition) is 3. The van der Waals surface area contributed by atoms with Crippen molar-refractivity contribution in [3.8, 4) is 0 Å². The van der Waals surface area contributed by atoms with Crippen LogP contribution in [0.5, 0.6) is 0 Å². The van der Waals surface area contributed by atoms with Crippen molar-refractivity contribution in [2.45, 2.75) is 180 Å². The van der Waals surface area contributed by atoms with E-state index in [1.54, 1.807) is 0 Å². The molecule has 0 aliphatic carbocycles. The van der Waals surface area contributed by atoms with Gasteiger partial charge >= 0.3 is 0 Å². The second-order valence-electron chi connectivity index (χ2n) is 15.2. The number of aliphatic hydroxyl groups is 2. The largest absolute Gasteiger partial charge is 0.756 e. The lowest BCUT2D eigenvalue weighted by atomic mass is 10.0. The molecule has 0 saturated carbocycles. The topological polar surface area (TPSA) is 128 Å². The zero-order valence-electron chi connectivity index (χ0n) is 33.4. The number of hydrogen-bond acceptors (Lipinski definition) is 7. The number of phosphoric ester groups is 1. The molecule has 1 amide bonds. The van der Waals surface area contributed by atoms with Gasteiger partial charge in [0.25, 0.3) is 7.82 Å². The lowest BCUT2D eigenvalue weighted by Crippen LogP contribution is -2.46. The molecule has 0 bridgehead atoms. The van der Waals surface area contributed by atoms with Crippen LogP contribution >= 0.6 is 7.82 Å². The average Bonchev–Trinajstić information content (AvgIpc) is 3.07. The quantitative estimate of drug-likeness (QED) is 0.0192. The monoisotopic (exact) mass is 743 g/mol. The third-order valence-electron chi connectivity index (χ3n) is 9.00. The number of amides is 1. The second-order valence-corrected chi connectivity index (χ2v) is 16.6. The first-order chi connectivity index (χ1) is 24.4. The number of aliphatic hydroxyl groups excluding tert-OH is 2. The summed E-state index contributed by atoms with van der Waals surface area (Å²) in [5.74, 6) is -0.224. The van der Waals surface area contributed by atoms with Crippen molar-refractivity contribution in [3.05, 3.63) is 36.5 Å². The third-order valence-corrected chi connectivity index (χ3v) is 9.96. The number of likely N-dealkylation sites (N-methyl/N-ethyl adjacent to an activating group) is 1. The molecule has 0 fully saturated rings. The average molecular weight is 743 g/mol. The number of phosphoric acid groups is 1. The van der Waals surface area contributed by atoms with E-state index in [-0.39, 0.29) is 19.1 Å². The van der Waals surface area contributed by atoms with E-state index in [9.17, 15) is 24.5 Å². The van der Waals surface area contributed by atoms with Gasteiger partial charge in [0.15, 0.2) is 0 Å². The molecule has 2 unspecified atom stereocenters. The standard InChI is InChI=1S/C41H79N2O7P/c1-6-8-10-12-14-15-16-17-18-19-21-25-29-33-40(45)39(37-50-51(47,48)49-36-35-43(3,4)5)42-41(46)34-30-26-22-24-28-32-38(44)31-27-23-20-13-11-9-7-2/h9,11,20,23,27,31,38-40,44-45H,6-8,10,12-19,21-22,24-26,28-30,32-37H2,1-5H3,(H-,42,46,47,48)/b11-9+,23-20+,31-27+/t38?,39-,40+/m0/s1. The van der Waals surface area contributed by atoms with Crippen molar-refractivity contribution in [2.24, 2.45) is 0 Å². The molecule has 0 aliphatic heterocycles. The van der Waals surface area contributed by atoms with Crippen molar-refractivity contribution in [1.82, 2.24) is 5.32 Å². The van der Waals surface area contributed by atoms with E-state index in [1.807, 2.05) is 39.4 Å². The molecule has 0 saturated heterocycles. The first-order valence-corrected chi connectivity index (χ1v) is 21.9. The summed E-state index contributed by atoms with van der Waals surface area (Å²) in [6, 6.07) is -0.837. The van der Waals surface area contributed by atoms with E-state index >= 15 is 0 Å². The maximum Gasteiger partial charge on any atom is 0.268 e. The summed E-state index contributed by atoms with van der Waals surface area (Å²) in [6.45, 7) is 4.48. The molecule has 10 heteroatoms. The maximum absolute atomic E-state index is 12.8. The molecule has 0 spiro atoms. The van der Waals surface area contributed by atoms with Gasteiger partial charge < -0.3 is 34.0 Å². The molecular formula is C41H79N2O7P. The van der Waals surface area contributed by atoms with Gasteiger partial charge in [0.2, 0.25) is 5.91 Å². The van der Waals surface area contributed by atoms with Crippen LogP contribution in [0, 0.1) is 0 Å². The van der Waals surface area contributed by atoms with Gasteiger partial charge in [-0.15, -0.1) is 0 Å². The van der Waals surface area contributed by atoms with Crippen LogP contribution in [0.15, 0.2) is 36.5 Å². The Morgan fingerprint density at radius 2 is 1.29 bits per heavy atom. The fraction of sp³-hybridized carbons (Fsp3) is 0.829. The highest BCUT2D eigenvalue weighted by atomic mass is 31.2. The van der Waals surface area contributed by atoms with E-state index in [4.69, 9.17) is 9.05 Å². The molecule has 0 aliphatic rings. The molecule has 3 N–H and O–H groups in total. The molecule has 51 heavy (non-hydrogen) atoms. The van der Waals surface area contributed by atoms with E-state index in [0.29, 0.717) is 36.7 Å². The fourth-order valence-corrected chi connectivity index (χ4v) is 6.42. The van der Waals surface area contributed by atoms with Crippen LogP contribution in [0.25, 0.3) is 0 Å². The SMILES string of the molecule is CC/C=C/C/C=C/C=C/C(O)CCCCCCCC(=O)N[C@@H](COP(=O)([O-])OCC[N+](C)(C)C)[C@H](O)CCCCCCCCCCCCCCC. The molecule has 4 atom stereocenters. The lowest BCUT2D eigenvalue weighted by molar-refractivity contribution is -0.870. The first kappa shape index (κ1) is 49.7. The molecule has 0 aromatic heterocycles. The van der Waals surface area contributed by atoms with Crippen LogP contribution < -0.4 is 10.2 Å². The lowest BCUT2D eigenvalue weighted by Gasteiger charge is -2.30. The molecule has 300 valence electrons. The van der Waals surface area contributed by atoms with Gasteiger partial charge in [0.05, 0.1) is 46.0 Å². The van der Waals surface area contributed by atoms with Gasteiger partial charge in [0.1, 0.15) is 13.2 Å². The predicted octanol–water partition coefficient (Wildman–Crippen LogP) is 9.08. The van der Waals surface area contributed by atoms with Gasteiger partial charge in [0, 0.05) is 6.42 Å². The number of quaternary nitrogens is 1. The van der Waals surface area contributed by atoms with Crippen molar-refractivity contribution < 1.29 is 38.0 Å². The maximum atomic E-state index is 12.8. The second kappa shape index (κ2) is 33.3. The Kier molecular flexibility index (Phi) is 32.4. The number of nitrogens with one attached hydrogen (secondary N) is 1. The molecule has 0 aromatic rings. The number of rotatable bonds is 36. The molecule has 0 radical (unpaired) electrons. The summed E-state index contributed by atoms with van der Waals surface area (Å²) in [5, 5.41) is 24.0. The smallest absolute Gasteiger partial charge is 0.268 e. The van der Waals surface area contributed by atoms with Crippen LogP contribution in [0.4, 0.5) is 0 Å². The number of allylic oxidation sites excluding steroid dienone is 5. The summed E-state index contributed by atoms with van der Waals surface area (Å²) in [5.41, 5.74) is 0. The zero-order chi connectivity index (χ0) is 38.1. The van der Waals surface area contributed by atoms with Crippen molar-refractivity contribution >= 4 is 13.7 Å². The van der Waals surface area contributed by atoms with Crippen LogP contribution in [0.1, 0.15) is 162 Å². The zero-order valence-corrected chi connectivity index (χ0v) is 34.3. The highest BCUT2D eigenvalue weighted by Crippen LogP contribution is 2.38. The van der Waals surface area contributed by atoms with E-state index in [0.717, 1.165) is 57.8 Å². The Bertz CT molecular complexity index is 951. The Morgan fingerprint density at radius 3 is 1.86 bits per heavy atom. The van der Waals surface area contributed by atoms with Gasteiger partial charge in [-0.25, -0.2) is 0 Å². The summed E-state index contributed by atoms with van der Waals surface area (Å²) in [7, 11) is 1.24. The van der Waals surface area contributed by atoms with E-state index in [1.165, 1.54) is 64.2 Å². The van der Waals surface area contributed by atoms with Gasteiger partial charge in [-0.1, -0.05) is 159 Å². The highest BCUT2D eigenvalue weighted by molar-refractivity contribution is 7.45. The van der Waals surface area contributed by atoms with Gasteiger partial charge in [-0.05, 0) is 32.1 Å². The van der Waals surface area contributed by atoms with Gasteiger partial charge in [-0.3, -0.25) is 9.36 Å². The number of nitrogens with zero attached hydrogens (tertiary/aromatic N) is 1. The minimum atomic E-state index is -4.58. The summed E-state index contributed by atoms with van der Waals surface area (Å²) in [4.78, 5) is 25.2. The number of unbranched alkanes of at least 4 members (excludes halogenated alkanes) is 16. The molecule has 0 rings (SSSR count). The minimum absolute atomic E-state index is 0.00692. The number of carbonyl (C=O) groups excluding carboxylic acids is 1. The number of carbonyl (C=O) groups is 1. The van der Waals surface area contributed by atoms with Crippen molar-refractivity contribution in [1.29, 1.82) is 0 Å². The summed E-state index contributed by atoms with van der Waals surface area (Å²) < 4.78 is 23.2. The summed E-state index contributed by atoms with van der Waals surface area (Å²) >= 11 is 0. The first-order valence-electron chi connectivity index (χ1n) is 20.4. The third kappa shape index (κ3) is 35.5. The summed E-state index contributed by atoms with van der Waals surface area (Å²) in [6.07, 6.45) is 34.4. The Labute approximate surface area is 313 Å². The molecule has 0 heterocycles. The highest BCUT2D eigenvalue weighted by Gasteiger charge is 2.24. The molecule has 9 nitrogen and oxygen atoms in total. The van der Waals surface area contributed by atoms with E-state index in [2.05, 4.69) is 37.4 Å².